The summed E-state index contributed by atoms with van der Waals surface area (Å²) in [4.78, 5) is 29.1. The van der Waals surface area contributed by atoms with E-state index in [1.165, 1.54) is 42.2 Å². The molecule has 1 heterocycles. The van der Waals surface area contributed by atoms with Crippen molar-refractivity contribution >= 4 is 23.1 Å². The Morgan fingerprint density at radius 1 is 1.24 bits per heavy atom. The fourth-order valence-electron chi connectivity index (χ4n) is 3.07. The number of esters is 1. The molecule has 3 rings (SSSR count). The predicted molar refractivity (Wildman–Crippen MR) is 106 cm³/mol. The van der Waals surface area contributed by atoms with Crippen LogP contribution in [0.4, 0.5) is 4.39 Å². The Labute approximate surface area is 166 Å². The van der Waals surface area contributed by atoms with Gasteiger partial charge in [0.15, 0.2) is 0 Å². The van der Waals surface area contributed by atoms with E-state index in [0.29, 0.717) is 47.2 Å². The third kappa shape index (κ3) is 4.66. The molecule has 0 spiro atoms. The molecule has 8 heteroatoms. The van der Waals surface area contributed by atoms with Crippen LogP contribution < -0.4 is 5.56 Å². The zero-order valence-corrected chi connectivity index (χ0v) is 15.8. The van der Waals surface area contributed by atoms with E-state index in [2.05, 4.69) is 14.9 Å². The summed E-state index contributed by atoms with van der Waals surface area (Å²) < 4.78 is 19.5. The number of carbonyl (C=O) groups is 1. The van der Waals surface area contributed by atoms with Gasteiger partial charge in [-0.15, -0.1) is 0 Å². The molecule has 0 bridgehead atoms. The number of carbonyl (C=O) groups excluding carboxylic acids is 1. The molecule has 29 heavy (non-hydrogen) atoms. The molecule has 0 radical (unpaired) electrons. The molecule has 0 fully saturated rings. The topological polar surface area (TPSA) is 93.8 Å². The zero-order valence-electron chi connectivity index (χ0n) is 15.8. The smallest absolute Gasteiger partial charge is 0.305 e. The molecule has 0 amide bonds. The van der Waals surface area contributed by atoms with Crippen molar-refractivity contribution in [3.05, 3.63) is 70.0 Å². The summed E-state index contributed by atoms with van der Waals surface area (Å²) in [6.07, 6.45) is 3.18. The Morgan fingerprint density at radius 2 is 2.00 bits per heavy atom. The molecule has 7 nitrogen and oxygen atoms in total. The molecule has 3 aromatic rings. The number of fused-ring (bicyclic) bond motifs is 1. The number of aryl methyl sites for hydroxylation is 1. The van der Waals surface area contributed by atoms with Crippen molar-refractivity contribution in [1.82, 2.24) is 9.55 Å². The van der Waals surface area contributed by atoms with Crippen LogP contribution in [0.2, 0.25) is 0 Å². The molecule has 0 aliphatic carbocycles. The van der Waals surface area contributed by atoms with Gasteiger partial charge in [0.2, 0.25) is 0 Å². The largest absolute Gasteiger partial charge is 0.469 e. The van der Waals surface area contributed by atoms with Crippen molar-refractivity contribution in [3.8, 4) is 5.69 Å². The van der Waals surface area contributed by atoms with Crippen molar-refractivity contribution in [2.75, 3.05) is 7.11 Å². The summed E-state index contributed by atoms with van der Waals surface area (Å²) in [6.45, 7) is 0. The van der Waals surface area contributed by atoms with Gasteiger partial charge in [0, 0.05) is 12.8 Å². The molecule has 0 aliphatic rings. The number of halogens is 1. The minimum absolute atomic E-state index is 0.280. The van der Waals surface area contributed by atoms with Crippen LogP contribution in [-0.4, -0.2) is 34.1 Å². The fourth-order valence-corrected chi connectivity index (χ4v) is 3.07. The first-order valence-corrected chi connectivity index (χ1v) is 9.09. The monoisotopic (exact) mass is 397 g/mol. The number of aromatic nitrogens is 2. The highest BCUT2D eigenvalue weighted by Crippen LogP contribution is 2.17. The van der Waals surface area contributed by atoms with Crippen LogP contribution in [-0.2, 0) is 16.0 Å². The number of ether oxygens (including phenoxy) is 1. The minimum atomic E-state index is -0.400. The van der Waals surface area contributed by atoms with Crippen molar-refractivity contribution in [2.24, 2.45) is 5.16 Å². The first kappa shape index (κ1) is 20.2. The number of rotatable bonds is 7. The maximum Gasteiger partial charge on any atom is 0.305 e. The van der Waals surface area contributed by atoms with Gasteiger partial charge in [-0.05, 0) is 54.8 Å². The van der Waals surface area contributed by atoms with Crippen molar-refractivity contribution in [2.45, 2.75) is 25.7 Å². The van der Waals surface area contributed by atoms with Gasteiger partial charge >= 0.3 is 5.97 Å². The van der Waals surface area contributed by atoms with Gasteiger partial charge in [0.25, 0.3) is 5.56 Å². The summed E-state index contributed by atoms with van der Waals surface area (Å²) in [5.41, 5.74) is 1.30. The Morgan fingerprint density at radius 3 is 2.69 bits per heavy atom. The van der Waals surface area contributed by atoms with Gasteiger partial charge in [0.1, 0.15) is 11.6 Å². The molecule has 0 atom stereocenters. The van der Waals surface area contributed by atoms with E-state index < -0.39 is 5.82 Å². The second-order valence-corrected chi connectivity index (χ2v) is 6.45. The highest BCUT2D eigenvalue weighted by molar-refractivity contribution is 5.88. The number of hydrogen-bond donors (Lipinski definition) is 1. The molecule has 0 saturated carbocycles. The fraction of sp³-hybridized carbons (Fsp3) is 0.238. The Kier molecular flexibility index (Phi) is 6.33. The number of hydrogen-bond acceptors (Lipinski definition) is 6. The third-order valence-corrected chi connectivity index (χ3v) is 4.51. The minimum Gasteiger partial charge on any atom is -0.469 e. The zero-order chi connectivity index (χ0) is 20.8. The van der Waals surface area contributed by atoms with Gasteiger partial charge in [-0.25, -0.2) is 9.37 Å². The van der Waals surface area contributed by atoms with Crippen LogP contribution in [0.5, 0.6) is 0 Å². The van der Waals surface area contributed by atoms with Crippen LogP contribution >= 0.6 is 0 Å². The first-order valence-electron chi connectivity index (χ1n) is 9.09. The molecule has 150 valence electrons. The van der Waals surface area contributed by atoms with E-state index in [-0.39, 0.29) is 17.9 Å². The molecule has 0 aliphatic heterocycles. The van der Waals surface area contributed by atoms with Crippen molar-refractivity contribution in [1.29, 1.82) is 0 Å². The van der Waals surface area contributed by atoms with Crippen LogP contribution in [0.3, 0.4) is 0 Å². The van der Waals surface area contributed by atoms with E-state index in [4.69, 9.17) is 5.21 Å². The molecular formula is C21H20FN3O4. The van der Waals surface area contributed by atoms with E-state index in [1.54, 1.807) is 18.2 Å². The van der Waals surface area contributed by atoms with E-state index in [1.807, 2.05) is 0 Å². The molecule has 0 saturated heterocycles. The highest BCUT2D eigenvalue weighted by Gasteiger charge is 2.14. The van der Waals surface area contributed by atoms with Crippen LogP contribution in [0, 0.1) is 5.82 Å². The number of benzene rings is 2. The molecule has 1 aromatic heterocycles. The average molecular weight is 397 g/mol. The molecular weight excluding hydrogens is 377 g/mol. The summed E-state index contributed by atoms with van der Waals surface area (Å²) in [6, 6.07) is 10.5. The lowest BCUT2D eigenvalue weighted by Gasteiger charge is -2.14. The van der Waals surface area contributed by atoms with Crippen LogP contribution in [0.25, 0.3) is 16.6 Å². The summed E-state index contributed by atoms with van der Waals surface area (Å²) in [5, 5.41) is 12.1. The molecule has 0 unspecified atom stereocenters. The summed E-state index contributed by atoms with van der Waals surface area (Å²) in [7, 11) is 1.34. The quantitative estimate of drug-likeness (QED) is 0.217. The standard InChI is InChI=1S/C21H20FN3O4/c1-29-20(26)5-3-2-4-19-24-18-12-14(13-23-28)6-11-17(18)21(27)25(19)16-9-7-15(22)8-10-16/h6-13,28H,2-5H2,1H3/b23-13+. The van der Waals surface area contributed by atoms with Crippen molar-refractivity contribution < 1.29 is 19.1 Å². The van der Waals surface area contributed by atoms with E-state index in [9.17, 15) is 14.0 Å². The van der Waals surface area contributed by atoms with E-state index >= 15 is 0 Å². The second-order valence-electron chi connectivity index (χ2n) is 6.45. The first-order chi connectivity index (χ1) is 14.0. The Balaban J connectivity index is 2.05. The maximum absolute atomic E-state index is 13.4. The summed E-state index contributed by atoms with van der Waals surface area (Å²) in [5.74, 6) is -0.194. The Hall–Kier alpha value is -3.55. The number of unbranched alkanes of at least 4 members (excludes halogenated alkanes) is 1. The normalized spacial score (nSPS) is 11.2. The number of nitrogens with zero attached hydrogens (tertiary/aromatic N) is 3. The SMILES string of the molecule is COC(=O)CCCCc1nc2cc(/C=N/O)ccc2c(=O)n1-c1ccc(F)cc1. The van der Waals surface area contributed by atoms with Gasteiger partial charge in [-0.1, -0.05) is 11.2 Å². The maximum atomic E-state index is 13.4. The Bertz CT molecular complexity index is 1110. The van der Waals surface area contributed by atoms with E-state index in [0.717, 1.165) is 0 Å². The lowest BCUT2D eigenvalue weighted by Crippen LogP contribution is -2.24. The van der Waals surface area contributed by atoms with Gasteiger partial charge in [0.05, 0.1) is 29.9 Å². The average Bonchev–Trinajstić information content (AvgIpc) is 2.72. The number of oxime groups is 1. The molecule has 1 N–H and O–H groups in total. The van der Waals surface area contributed by atoms with Gasteiger partial charge in [-0.3, -0.25) is 14.2 Å². The van der Waals surface area contributed by atoms with Gasteiger partial charge < -0.3 is 9.94 Å². The molecule has 2 aromatic carbocycles. The summed E-state index contributed by atoms with van der Waals surface area (Å²) >= 11 is 0. The highest BCUT2D eigenvalue weighted by atomic mass is 19.1. The lowest BCUT2D eigenvalue weighted by atomic mass is 10.1. The van der Waals surface area contributed by atoms with Crippen molar-refractivity contribution in [3.63, 3.8) is 0 Å². The lowest BCUT2D eigenvalue weighted by molar-refractivity contribution is -0.140. The van der Waals surface area contributed by atoms with Gasteiger partial charge in [-0.2, -0.15) is 0 Å². The predicted octanol–water partition coefficient (Wildman–Crippen LogP) is 3.22. The second kappa shape index (κ2) is 9.09. The van der Waals surface area contributed by atoms with Crippen LogP contribution in [0.15, 0.2) is 52.4 Å². The number of methoxy groups -OCH3 is 1. The third-order valence-electron chi connectivity index (χ3n) is 4.51. The van der Waals surface area contributed by atoms with Crippen LogP contribution in [0.1, 0.15) is 30.7 Å².